The fourth-order valence-electron chi connectivity index (χ4n) is 2.29. The number of anilines is 1. The zero-order valence-corrected chi connectivity index (χ0v) is 14.2. The number of carbonyl (C=O) groups excluding carboxylic acids is 1. The van der Waals surface area contributed by atoms with Gasteiger partial charge in [-0.05, 0) is 18.2 Å². The highest BCUT2D eigenvalue weighted by molar-refractivity contribution is 6.10. The van der Waals surface area contributed by atoms with Crippen LogP contribution in [0.4, 0.5) is 11.4 Å². The van der Waals surface area contributed by atoms with E-state index in [4.69, 9.17) is 14.7 Å². The minimum Gasteiger partial charge on any atom is -0.493 e. The van der Waals surface area contributed by atoms with Gasteiger partial charge in [0.1, 0.15) is 5.56 Å². The summed E-state index contributed by atoms with van der Waals surface area (Å²) >= 11 is 0. The molecule has 2 rings (SSSR count). The average Bonchev–Trinajstić information content (AvgIpc) is 2.66. The Hall–Kier alpha value is -4.13. The number of amides is 1. The molecule has 10 heteroatoms. The minimum atomic E-state index is -1.37. The summed E-state index contributed by atoms with van der Waals surface area (Å²) in [6, 6.07) is 7.57. The second-order valence-electron chi connectivity index (χ2n) is 5.11. The van der Waals surface area contributed by atoms with Crippen LogP contribution in [0.2, 0.25) is 0 Å². The Balaban J connectivity index is 2.52. The number of nitro benzene ring substituents is 1. The zero-order chi connectivity index (χ0) is 20.1. The van der Waals surface area contributed by atoms with Crippen LogP contribution in [0.3, 0.4) is 0 Å². The summed E-state index contributed by atoms with van der Waals surface area (Å²) in [6.45, 7) is 0. The molecule has 0 saturated heterocycles. The lowest BCUT2D eigenvalue weighted by molar-refractivity contribution is -0.385. The van der Waals surface area contributed by atoms with Crippen LogP contribution in [-0.2, 0) is 0 Å². The Kier molecular flexibility index (Phi) is 5.57. The standard InChI is InChI=1S/C17H13N3O7/c1-26-14-6-11(13(20(24)25)7-15(14)27-2)16(21)19-12-4-3-9(8-18)5-10(12)17(22)23/h3-7H,1-2H3,(H,19,21)(H,22,23). The molecule has 2 N–H and O–H groups in total. The summed E-state index contributed by atoms with van der Waals surface area (Å²) in [7, 11) is 2.59. The number of benzene rings is 2. The van der Waals surface area contributed by atoms with Gasteiger partial charge in [0.2, 0.25) is 0 Å². The molecule has 2 aromatic carbocycles. The first kappa shape index (κ1) is 19.2. The lowest BCUT2D eigenvalue weighted by Crippen LogP contribution is -2.17. The molecule has 0 bridgehead atoms. The molecule has 0 aliphatic carbocycles. The second-order valence-corrected chi connectivity index (χ2v) is 5.11. The molecule has 10 nitrogen and oxygen atoms in total. The third-order valence-corrected chi connectivity index (χ3v) is 3.57. The van der Waals surface area contributed by atoms with Crippen molar-refractivity contribution in [1.82, 2.24) is 0 Å². The van der Waals surface area contributed by atoms with Gasteiger partial charge < -0.3 is 19.9 Å². The van der Waals surface area contributed by atoms with E-state index in [0.29, 0.717) is 0 Å². The quantitative estimate of drug-likeness (QED) is 0.580. The molecule has 0 saturated carbocycles. The molecule has 0 fully saturated rings. The number of hydrogen-bond acceptors (Lipinski definition) is 7. The normalized spacial score (nSPS) is 9.81. The predicted octanol–water partition coefficient (Wildman–Crippen LogP) is 2.43. The highest BCUT2D eigenvalue weighted by Gasteiger charge is 2.25. The topological polar surface area (TPSA) is 152 Å². The van der Waals surface area contributed by atoms with Crippen molar-refractivity contribution in [3.63, 3.8) is 0 Å². The maximum Gasteiger partial charge on any atom is 0.337 e. The Morgan fingerprint density at radius 3 is 2.30 bits per heavy atom. The van der Waals surface area contributed by atoms with Crippen LogP contribution in [0.1, 0.15) is 26.3 Å². The van der Waals surface area contributed by atoms with E-state index in [1.54, 1.807) is 6.07 Å². The van der Waals surface area contributed by atoms with E-state index in [9.17, 15) is 24.8 Å². The van der Waals surface area contributed by atoms with Crippen molar-refractivity contribution in [2.45, 2.75) is 0 Å². The van der Waals surface area contributed by atoms with Crippen molar-refractivity contribution < 1.29 is 29.1 Å². The monoisotopic (exact) mass is 371 g/mol. The van der Waals surface area contributed by atoms with Gasteiger partial charge in [0, 0.05) is 6.07 Å². The largest absolute Gasteiger partial charge is 0.493 e. The highest BCUT2D eigenvalue weighted by Crippen LogP contribution is 2.35. The fraction of sp³-hybridized carbons (Fsp3) is 0.118. The first-order valence-electron chi connectivity index (χ1n) is 7.31. The van der Waals surface area contributed by atoms with Crippen LogP contribution in [0.5, 0.6) is 11.5 Å². The van der Waals surface area contributed by atoms with Crippen molar-refractivity contribution in [3.05, 3.63) is 57.1 Å². The number of carboxylic acids is 1. The maximum atomic E-state index is 12.6. The van der Waals surface area contributed by atoms with E-state index in [1.165, 1.54) is 26.4 Å². The van der Waals surface area contributed by atoms with Crippen LogP contribution in [0.25, 0.3) is 0 Å². The number of carboxylic acid groups (broad SMARTS) is 1. The van der Waals surface area contributed by atoms with E-state index in [0.717, 1.165) is 18.2 Å². The van der Waals surface area contributed by atoms with Crippen molar-refractivity contribution >= 4 is 23.3 Å². The van der Waals surface area contributed by atoms with Crippen molar-refractivity contribution in [2.24, 2.45) is 0 Å². The van der Waals surface area contributed by atoms with Crippen LogP contribution >= 0.6 is 0 Å². The number of aromatic carboxylic acids is 1. The Morgan fingerprint density at radius 1 is 1.15 bits per heavy atom. The number of ether oxygens (including phenoxy) is 2. The highest BCUT2D eigenvalue weighted by atomic mass is 16.6. The molecule has 0 aliphatic heterocycles. The summed E-state index contributed by atoms with van der Waals surface area (Å²) in [4.78, 5) is 34.5. The van der Waals surface area contributed by atoms with Gasteiger partial charge in [0.25, 0.3) is 11.6 Å². The molecule has 27 heavy (non-hydrogen) atoms. The van der Waals surface area contributed by atoms with E-state index in [2.05, 4.69) is 5.32 Å². The summed E-state index contributed by atoms with van der Waals surface area (Å²) in [5, 5.41) is 31.7. The van der Waals surface area contributed by atoms with Crippen LogP contribution < -0.4 is 14.8 Å². The van der Waals surface area contributed by atoms with E-state index >= 15 is 0 Å². The molecule has 0 aliphatic rings. The number of nitrogens with one attached hydrogen (secondary N) is 1. The third-order valence-electron chi connectivity index (χ3n) is 3.57. The van der Waals surface area contributed by atoms with E-state index < -0.39 is 22.5 Å². The van der Waals surface area contributed by atoms with Gasteiger partial charge in [-0.3, -0.25) is 14.9 Å². The predicted molar refractivity (Wildman–Crippen MR) is 92.3 cm³/mol. The Labute approximate surface area is 152 Å². The minimum absolute atomic E-state index is 0.0605. The SMILES string of the molecule is COc1cc(C(=O)Nc2ccc(C#N)cc2C(=O)O)c([N+](=O)[O-])cc1OC. The third kappa shape index (κ3) is 3.93. The maximum absolute atomic E-state index is 12.6. The first-order chi connectivity index (χ1) is 12.8. The summed E-state index contributed by atoms with van der Waals surface area (Å²) in [5.74, 6) is -2.14. The molecule has 0 spiro atoms. The second kappa shape index (κ2) is 7.83. The first-order valence-corrected chi connectivity index (χ1v) is 7.31. The van der Waals surface area contributed by atoms with Crippen LogP contribution in [0, 0.1) is 21.4 Å². The van der Waals surface area contributed by atoms with Crippen molar-refractivity contribution in [2.75, 3.05) is 19.5 Å². The summed E-state index contributed by atoms with van der Waals surface area (Å²) < 4.78 is 10.0. The van der Waals surface area contributed by atoms with Gasteiger partial charge in [0.15, 0.2) is 11.5 Å². The summed E-state index contributed by atoms with van der Waals surface area (Å²) in [5.41, 5.74) is -1.25. The molecule has 0 unspecified atom stereocenters. The lowest BCUT2D eigenvalue weighted by Gasteiger charge is -2.12. The molecule has 0 radical (unpaired) electrons. The molecule has 0 atom stereocenters. The molecule has 2 aromatic rings. The number of hydrogen-bond donors (Lipinski definition) is 2. The number of nitrogens with zero attached hydrogens (tertiary/aromatic N) is 2. The van der Waals surface area contributed by atoms with Gasteiger partial charge in [0.05, 0.1) is 48.1 Å². The molecular formula is C17H13N3O7. The van der Waals surface area contributed by atoms with Crippen molar-refractivity contribution in [1.29, 1.82) is 5.26 Å². The zero-order valence-electron chi connectivity index (χ0n) is 14.2. The Bertz CT molecular complexity index is 979. The molecule has 1 amide bonds. The Morgan fingerprint density at radius 2 is 1.78 bits per heavy atom. The number of carbonyl (C=O) groups is 2. The molecular weight excluding hydrogens is 358 g/mol. The number of nitro groups is 1. The molecule has 0 heterocycles. The van der Waals surface area contributed by atoms with Gasteiger partial charge in [-0.25, -0.2) is 4.79 Å². The van der Waals surface area contributed by atoms with Gasteiger partial charge in [-0.2, -0.15) is 5.26 Å². The average molecular weight is 371 g/mol. The van der Waals surface area contributed by atoms with Gasteiger partial charge in [-0.1, -0.05) is 0 Å². The summed E-state index contributed by atoms with van der Waals surface area (Å²) in [6.07, 6.45) is 0. The lowest BCUT2D eigenvalue weighted by atomic mass is 10.1. The number of methoxy groups -OCH3 is 2. The van der Waals surface area contributed by atoms with Crippen LogP contribution in [-0.4, -0.2) is 36.1 Å². The molecule has 0 aromatic heterocycles. The van der Waals surface area contributed by atoms with E-state index in [1.807, 2.05) is 0 Å². The van der Waals surface area contributed by atoms with Crippen molar-refractivity contribution in [3.8, 4) is 17.6 Å². The molecule has 138 valence electrons. The number of nitriles is 1. The smallest absolute Gasteiger partial charge is 0.337 e. The van der Waals surface area contributed by atoms with E-state index in [-0.39, 0.29) is 33.9 Å². The van der Waals surface area contributed by atoms with Gasteiger partial charge in [-0.15, -0.1) is 0 Å². The van der Waals surface area contributed by atoms with Crippen LogP contribution in [0.15, 0.2) is 30.3 Å². The number of rotatable bonds is 6. The van der Waals surface area contributed by atoms with Gasteiger partial charge >= 0.3 is 5.97 Å². The fourth-order valence-corrected chi connectivity index (χ4v) is 2.29.